The van der Waals surface area contributed by atoms with Crippen molar-refractivity contribution in [2.24, 2.45) is 0 Å². The lowest BCUT2D eigenvalue weighted by atomic mass is 10.1. The maximum Gasteiger partial charge on any atom is 0.248 e. The Bertz CT molecular complexity index is 475. The van der Waals surface area contributed by atoms with Gasteiger partial charge in [0.05, 0.1) is 12.1 Å². The van der Waals surface area contributed by atoms with Crippen LogP contribution in [0.25, 0.3) is 0 Å². The number of hydrogen-bond donors (Lipinski definition) is 1. The van der Waals surface area contributed by atoms with E-state index in [0.717, 1.165) is 31.5 Å². The molecule has 1 atom stereocenters. The van der Waals surface area contributed by atoms with Crippen molar-refractivity contribution in [1.82, 2.24) is 10.2 Å². The van der Waals surface area contributed by atoms with Gasteiger partial charge in [-0.1, -0.05) is 23.7 Å². The number of nitrogens with zero attached hydrogens (tertiary/aromatic N) is 1. The molecule has 1 aliphatic rings. The highest BCUT2D eigenvalue weighted by Gasteiger charge is 2.20. The Balaban J connectivity index is 1.86. The molecule has 0 radical (unpaired) electrons. The van der Waals surface area contributed by atoms with Crippen molar-refractivity contribution in [2.45, 2.75) is 31.9 Å². The second-order valence-electron chi connectivity index (χ2n) is 5.50. The molecular formula is C16H23ClN2O2. The van der Waals surface area contributed by atoms with Gasteiger partial charge in [-0.05, 0) is 50.6 Å². The SMILES string of the molecule is CC(c1cccc(Cl)c1)N(C)C(=O)COC1CCNCC1. The van der Waals surface area contributed by atoms with Gasteiger partial charge in [0.25, 0.3) is 0 Å². The highest BCUT2D eigenvalue weighted by Crippen LogP contribution is 2.22. The summed E-state index contributed by atoms with van der Waals surface area (Å²) in [5.74, 6) is 0.000933. The Morgan fingerprint density at radius 1 is 1.48 bits per heavy atom. The highest BCUT2D eigenvalue weighted by molar-refractivity contribution is 6.30. The molecular weight excluding hydrogens is 288 g/mol. The molecule has 5 heteroatoms. The number of likely N-dealkylation sites (N-methyl/N-ethyl adjacent to an activating group) is 1. The first kappa shape index (κ1) is 16.3. The first-order chi connectivity index (χ1) is 10.1. The number of piperidine rings is 1. The molecule has 1 unspecified atom stereocenters. The lowest BCUT2D eigenvalue weighted by molar-refractivity contribution is -0.139. The van der Waals surface area contributed by atoms with Gasteiger partial charge in [0.1, 0.15) is 6.61 Å². The summed E-state index contributed by atoms with van der Waals surface area (Å²) in [7, 11) is 1.81. The molecule has 0 saturated carbocycles. The molecule has 21 heavy (non-hydrogen) atoms. The van der Waals surface area contributed by atoms with Crippen molar-refractivity contribution < 1.29 is 9.53 Å². The van der Waals surface area contributed by atoms with Crippen LogP contribution in [0.3, 0.4) is 0 Å². The maximum absolute atomic E-state index is 12.2. The van der Waals surface area contributed by atoms with Crippen LogP contribution in [0.1, 0.15) is 31.4 Å². The zero-order valence-electron chi connectivity index (χ0n) is 12.6. The molecule has 1 N–H and O–H groups in total. The van der Waals surface area contributed by atoms with Crippen molar-refractivity contribution in [3.8, 4) is 0 Å². The standard InChI is InChI=1S/C16H23ClN2O2/c1-12(13-4-3-5-14(17)10-13)19(2)16(20)11-21-15-6-8-18-9-7-15/h3-5,10,12,15,18H,6-9,11H2,1-2H3. The van der Waals surface area contributed by atoms with Crippen molar-refractivity contribution in [1.29, 1.82) is 0 Å². The Morgan fingerprint density at radius 2 is 2.19 bits per heavy atom. The van der Waals surface area contributed by atoms with Crippen LogP contribution >= 0.6 is 11.6 Å². The smallest absolute Gasteiger partial charge is 0.248 e. The fraction of sp³-hybridized carbons (Fsp3) is 0.562. The topological polar surface area (TPSA) is 41.6 Å². The number of ether oxygens (including phenoxy) is 1. The van der Waals surface area contributed by atoms with Crippen molar-refractivity contribution in [3.05, 3.63) is 34.9 Å². The predicted octanol–water partition coefficient (Wildman–Crippen LogP) is 2.63. The molecule has 1 aromatic carbocycles. The summed E-state index contributed by atoms with van der Waals surface area (Å²) in [6, 6.07) is 7.59. The Morgan fingerprint density at radius 3 is 2.86 bits per heavy atom. The molecule has 1 fully saturated rings. The second-order valence-corrected chi connectivity index (χ2v) is 5.93. The molecule has 0 spiro atoms. The van der Waals surface area contributed by atoms with E-state index in [9.17, 15) is 4.79 Å². The van der Waals surface area contributed by atoms with Gasteiger partial charge in [-0.15, -0.1) is 0 Å². The molecule has 0 aliphatic carbocycles. The minimum Gasteiger partial charge on any atom is -0.368 e. The summed E-state index contributed by atoms with van der Waals surface area (Å²) in [5, 5.41) is 3.97. The average molecular weight is 311 g/mol. The van der Waals surface area contributed by atoms with E-state index in [2.05, 4.69) is 5.32 Å². The minimum absolute atomic E-state index is 0.000933. The molecule has 1 saturated heterocycles. The lowest BCUT2D eigenvalue weighted by Crippen LogP contribution is -2.37. The van der Waals surface area contributed by atoms with Crippen LogP contribution in [0.2, 0.25) is 5.02 Å². The molecule has 1 aliphatic heterocycles. The zero-order chi connectivity index (χ0) is 15.2. The van der Waals surface area contributed by atoms with E-state index in [1.54, 1.807) is 11.9 Å². The van der Waals surface area contributed by atoms with Crippen LogP contribution in [-0.2, 0) is 9.53 Å². The van der Waals surface area contributed by atoms with E-state index in [1.807, 2.05) is 31.2 Å². The normalized spacial score (nSPS) is 17.5. The van der Waals surface area contributed by atoms with Crippen LogP contribution in [-0.4, -0.2) is 43.7 Å². The average Bonchev–Trinajstić information content (AvgIpc) is 2.52. The third-order valence-corrected chi connectivity index (χ3v) is 4.27. The molecule has 1 amide bonds. The number of carbonyl (C=O) groups is 1. The number of nitrogens with one attached hydrogen (secondary N) is 1. The summed E-state index contributed by atoms with van der Waals surface area (Å²) < 4.78 is 5.72. The van der Waals surface area contributed by atoms with E-state index in [0.29, 0.717) is 5.02 Å². The van der Waals surface area contributed by atoms with Gasteiger partial charge in [0.15, 0.2) is 0 Å². The molecule has 0 bridgehead atoms. The lowest BCUT2D eigenvalue weighted by Gasteiger charge is -2.27. The highest BCUT2D eigenvalue weighted by atomic mass is 35.5. The van der Waals surface area contributed by atoms with E-state index in [4.69, 9.17) is 16.3 Å². The van der Waals surface area contributed by atoms with Gasteiger partial charge in [-0.2, -0.15) is 0 Å². The third kappa shape index (κ3) is 4.70. The van der Waals surface area contributed by atoms with Crippen LogP contribution < -0.4 is 5.32 Å². The monoisotopic (exact) mass is 310 g/mol. The zero-order valence-corrected chi connectivity index (χ0v) is 13.4. The van der Waals surface area contributed by atoms with Crippen LogP contribution in [0.4, 0.5) is 0 Å². The van der Waals surface area contributed by atoms with Crippen molar-refractivity contribution in [2.75, 3.05) is 26.7 Å². The maximum atomic E-state index is 12.2. The first-order valence-electron chi connectivity index (χ1n) is 7.41. The number of benzene rings is 1. The van der Waals surface area contributed by atoms with Crippen molar-refractivity contribution >= 4 is 17.5 Å². The van der Waals surface area contributed by atoms with E-state index < -0.39 is 0 Å². The van der Waals surface area contributed by atoms with Gasteiger partial charge in [0.2, 0.25) is 5.91 Å². The van der Waals surface area contributed by atoms with E-state index in [-0.39, 0.29) is 24.7 Å². The quantitative estimate of drug-likeness (QED) is 0.909. The van der Waals surface area contributed by atoms with Crippen molar-refractivity contribution in [3.63, 3.8) is 0 Å². The molecule has 0 aromatic heterocycles. The molecule has 116 valence electrons. The van der Waals surface area contributed by atoms with Gasteiger partial charge in [0, 0.05) is 12.1 Å². The minimum atomic E-state index is -0.0205. The second kappa shape index (κ2) is 7.78. The largest absolute Gasteiger partial charge is 0.368 e. The van der Waals surface area contributed by atoms with E-state index in [1.165, 1.54) is 0 Å². The Hall–Kier alpha value is -1.10. The summed E-state index contributed by atoms with van der Waals surface area (Å²) in [6.45, 7) is 4.07. The van der Waals surface area contributed by atoms with Crippen LogP contribution in [0, 0.1) is 0 Å². The molecule has 1 aromatic rings. The summed E-state index contributed by atoms with van der Waals surface area (Å²) in [6.07, 6.45) is 2.15. The number of carbonyl (C=O) groups excluding carboxylic acids is 1. The third-order valence-electron chi connectivity index (χ3n) is 4.03. The molecule has 4 nitrogen and oxygen atoms in total. The van der Waals surface area contributed by atoms with Crippen LogP contribution in [0.5, 0.6) is 0 Å². The van der Waals surface area contributed by atoms with Gasteiger partial charge < -0.3 is 15.0 Å². The van der Waals surface area contributed by atoms with Crippen LogP contribution in [0.15, 0.2) is 24.3 Å². The number of amides is 1. The Labute approximate surface area is 131 Å². The number of halogens is 1. The molecule has 2 rings (SSSR count). The summed E-state index contributed by atoms with van der Waals surface area (Å²) in [5.41, 5.74) is 1.03. The summed E-state index contributed by atoms with van der Waals surface area (Å²) >= 11 is 6.00. The van der Waals surface area contributed by atoms with Gasteiger partial charge in [-0.25, -0.2) is 0 Å². The first-order valence-corrected chi connectivity index (χ1v) is 7.79. The fourth-order valence-corrected chi connectivity index (χ4v) is 2.66. The predicted molar refractivity (Wildman–Crippen MR) is 84.5 cm³/mol. The molecule has 1 heterocycles. The Kier molecular flexibility index (Phi) is 6.03. The number of rotatable bonds is 5. The van der Waals surface area contributed by atoms with E-state index >= 15 is 0 Å². The fourth-order valence-electron chi connectivity index (χ4n) is 2.46. The van der Waals surface area contributed by atoms with Gasteiger partial charge in [-0.3, -0.25) is 4.79 Å². The number of hydrogen-bond acceptors (Lipinski definition) is 3. The van der Waals surface area contributed by atoms with Gasteiger partial charge >= 0.3 is 0 Å². The summed E-state index contributed by atoms with van der Waals surface area (Å²) in [4.78, 5) is 14.0.